The quantitative estimate of drug-likeness (QED) is 0.838. The summed E-state index contributed by atoms with van der Waals surface area (Å²) in [7, 11) is -3.54. The topological polar surface area (TPSA) is 74.7 Å². The summed E-state index contributed by atoms with van der Waals surface area (Å²) in [6, 6.07) is 1.25. The van der Waals surface area contributed by atoms with Crippen LogP contribution < -0.4 is 0 Å². The van der Waals surface area contributed by atoms with E-state index in [-0.39, 0.29) is 9.77 Å². The maximum Gasteiger partial charge on any atom is 0.336 e. The van der Waals surface area contributed by atoms with Gasteiger partial charge in [0.2, 0.25) is 0 Å². The van der Waals surface area contributed by atoms with E-state index >= 15 is 0 Å². The summed E-state index contributed by atoms with van der Waals surface area (Å²) in [5.74, 6) is -0.623. The first-order valence-electron chi connectivity index (χ1n) is 6.27. The second-order valence-electron chi connectivity index (χ2n) is 4.77. The summed E-state index contributed by atoms with van der Waals surface area (Å²) in [6.45, 7) is 2.97. The molecule has 1 heterocycles. The van der Waals surface area contributed by atoms with E-state index in [0.717, 1.165) is 30.6 Å². The SMILES string of the molecule is CCCN(CC1CC1)S(=O)(=O)c1cc(C(=O)O)cs1. The Morgan fingerprint density at radius 1 is 1.53 bits per heavy atom. The van der Waals surface area contributed by atoms with Crippen molar-refractivity contribution >= 4 is 27.3 Å². The molecule has 1 saturated carbocycles. The van der Waals surface area contributed by atoms with Crippen molar-refractivity contribution in [2.24, 2.45) is 5.92 Å². The zero-order chi connectivity index (χ0) is 14.0. The van der Waals surface area contributed by atoms with Crippen LogP contribution in [0.15, 0.2) is 15.7 Å². The first kappa shape index (κ1) is 14.5. The fourth-order valence-electron chi connectivity index (χ4n) is 1.84. The van der Waals surface area contributed by atoms with Gasteiger partial charge in [-0.25, -0.2) is 13.2 Å². The molecule has 0 aliphatic heterocycles. The van der Waals surface area contributed by atoms with Gasteiger partial charge in [-0.2, -0.15) is 4.31 Å². The van der Waals surface area contributed by atoms with Crippen molar-refractivity contribution < 1.29 is 18.3 Å². The molecule has 2 rings (SSSR count). The fourth-order valence-corrected chi connectivity index (χ4v) is 4.75. The Hall–Kier alpha value is -0.920. The highest BCUT2D eigenvalue weighted by molar-refractivity contribution is 7.91. The summed E-state index contributed by atoms with van der Waals surface area (Å²) in [6.07, 6.45) is 2.92. The van der Waals surface area contributed by atoms with E-state index in [1.165, 1.54) is 15.8 Å². The number of carboxylic acids is 1. The third-order valence-corrected chi connectivity index (χ3v) is 6.33. The molecule has 0 bridgehead atoms. The van der Waals surface area contributed by atoms with E-state index < -0.39 is 16.0 Å². The minimum atomic E-state index is -3.54. The Morgan fingerprint density at radius 3 is 2.68 bits per heavy atom. The molecule has 0 aromatic carbocycles. The van der Waals surface area contributed by atoms with E-state index in [9.17, 15) is 13.2 Å². The molecular formula is C12H17NO4S2. The Balaban J connectivity index is 2.23. The predicted octanol–water partition coefficient (Wildman–Crippen LogP) is 2.26. The summed E-state index contributed by atoms with van der Waals surface area (Å²) in [5, 5.41) is 10.2. The van der Waals surface area contributed by atoms with E-state index in [0.29, 0.717) is 19.0 Å². The van der Waals surface area contributed by atoms with Crippen molar-refractivity contribution in [2.75, 3.05) is 13.1 Å². The van der Waals surface area contributed by atoms with Gasteiger partial charge in [-0.05, 0) is 31.2 Å². The van der Waals surface area contributed by atoms with Gasteiger partial charge < -0.3 is 5.11 Å². The van der Waals surface area contributed by atoms with Gasteiger partial charge in [0, 0.05) is 18.5 Å². The van der Waals surface area contributed by atoms with Crippen LogP contribution in [0.5, 0.6) is 0 Å². The number of rotatable bonds is 7. The standard InChI is InChI=1S/C12H17NO4S2/c1-2-5-13(7-9-3-4-9)19(16,17)11-6-10(8-18-11)12(14)15/h6,8-9H,2-5,7H2,1H3,(H,14,15). The highest BCUT2D eigenvalue weighted by Gasteiger charge is 2.32. The molecule has 19 heavy (non-hydrogen) atoms. The molecule has 0 amide bonds. The fraction of sp³-hybridized carbons (Fsp3) is 0.583. The second-order valence-corrected chi connectivity index (χ2v) is 7.84. The molecule has 1 aliphatic rings. The highest BCUT2D eigenvalue weighted by Crippen LogP contribution is 2.32. The number of aromatic carboxylic acids is 1. The molecule has 1 N–H and O–H groups in total. The minimum Gasteiger partial charge on any atom is -0.478 e. The molecule has 0 spiro atoms. The smallest absolute Gasteiger partial charge is 0.336 e. The second kappa shape index (κ2) is 5.60. The number of sulfonamides is 1. The first-order valence-corrected chi connectivity index (χ1v) is 8.59. The molecule has 7 heteroatoms. The molecular weight excluding hydrogens is 286 g/mol. The number of carboxylic acid groups (broad SMARTS) is 1. The van der Waals surface area contributed by atoms with Crippen LogP contribution in [-0.2, 0) is 10.0 Å². The average molecular weight is 303 g/mol. The number of hydrogen-bond acceptors (Lipinski definition) is 4. The van der Waals surface area contributed by atoms with Gasteiger partial charge in [0.1, 0.15) is 4.21 Å². The van der Waals surface area contributed by atoms with Crippen LogP contribution in [0.1, 0.15) is 36.5 Å². The van der Waals surface area contributed by atoms with Crippen LogP contribution in [0.25, 0.3) is 0 Å². The molecule has 106 valence electrons. The van der Waals surface area contributed by atoms with Crippen molar-refractivity contribution in [2.45, 2.75) is 30.4 Å². The minimum absolute atomic E-state index is 0.0337. The lowest BCUT2D eigenvalue weighted by atomic mass is 10.4. The molecule has 5 nitrogen and oxygen atoms in total. The largest absolute Gasteiger partial charge is 0.478 e. The van der Waals surface area contributed by atoms with Gasteiger partial charge in [0.05, 0.1) is 5.56 Å². The van der Waals surface area contributed by atoms with E-state index in [1.54, 1.807) is 0 Å². The van der Waals surface area contributed by atoms with Gasteiger partial charge >= 0.3 is 5.97 Å². The lowest BCUT2D eigenvalue weighted by Gasteiger charge is -2.20. The van der Waals surface area contributed by atoms with Crippen molar-refractivity contribution in [1.82, 2.24) is 4.31 Å². The third kappa shape index (κ3) is 3.34. The monoisotopic (exact) mass is 303 g/mol. The van der Waals surface area contributed by atoms with Crippen molar-refractivity contribution in [3.8, 4) is 0 Å². The van der Waals surface area contributed by atoms with E-state index in [4.69, 9.17) is 5.11 Å². The van der Waals surface area contributed by atoms with Crippen LogP contribution in [0.4, 0.5) is 0 Å². The number of carbonyl (C=O) groups is 1. The van der Waals surface area contributed by atoms with Crippen LogP contribution in [-0.4, -0.2) is 36.9 Å². The molecule has 0 saturated heterocycles. The summed E-state index contributed by atoms with van der Waals surface area (Å²) >= 11 is 0.976. The van der Waals surface area contributed by atoms with Crippen molar-refractivity contribution in [3.05, 3.63) is 17.0 Å². The number of thiophene rings is 1. The number of hydrogen-bond donors (Lipinski definition) is 1. The Morgan fingerprint density at radius 2 is 2.21 bits per heavy atom. The number of nitrogens with zero attached hydrogens (tertiary/aromatic N) is 1. The maximum absolute atomic E-state index is 12.5. The molecule has 0 radical (unpaired) electrons. The maximum atomic E-state index is 12.5. The van der Waals surface area contributed by atoms with Crippen LogP contribution in [0, 0.1) is 5.92 Å². The molecule has 1 aliphatic carbocycles. The molecule has 1 aromatic rings. The van der Waals surface area contributed by atoms with E-state index in [1.807, 2.05) is 6.92 Å². The van der Waals surface area contributed by atoms with Gasteiger partial charge in [0.15, 0.2) is 0 Å². The summed E-state index contributed by atoms with van der Waals surface area (Å²) in [5.41, 5.74) is 0.0337. The Labute approximate surface area is 116 Å². The van der Waals surface area contributed by atoms with E-state index in [2.05, 4.69) is 0 Å². The third-order valence-electron chi connectivity index (χ3n) is 3.05. The normalized spacial score (nSPS) is 15.9. The lowest BCUT2D eigenvalue weighted by molar-refractivity contribution is 0.0697. The Bertz CT molecular complexity index is 560. The molecule has 0 atom stereocenters. The van der Waals surface area contributed by atoms with Crippen LogP contribution in [0.3, 0.4) is 0 Å². The Kier molecular flexibility index (Phi) is 4.27. The zero-order valence-electron chi connectivity index (χ0n) is 10.7. The predicted molar refractivity (Wildman–Crippen MR) is 73.1 cm³/mol. The van der Waals surface area contributed by atoms with Gasteiger partial charge in [-0.15, -0.1) is 11.3 Å². The lowest BCUT2D eigenvalue weighted by Crippen LogP contribution is -2.33. The average Bonchev–Trinajstić information content (AvgIpc) is 3.01. The van der Waals surface area contributed by atoms with Crippen LogP contribution in [0.2, 0.25) is 0 Å². The van der Waals surface area contributed by atoms with Crippen LogP contribution >= 0.6 is 11.3 Å². The molecule has 0 unspecified atom stereocenters. The van der Waals surface area contributed by atoms with Gasteiger partial charge in [-0.3, -0.25) is 0 Å². The van der Waals surface area contributed by atoms with Gasteiger partial charge in [0.25, 0.3) is 10.0 Å². The molecule has 1 aromatic heterocycles. The highest BCUT2D eigenvalue weighted by atomic mass is 32.2. The zero-order valence-corrected chi connectivity index (χ0v) is 12.3. The van der Waals surface area contributed by atoms with Crippen molar-refractivity contribution in [3.63, 3.8) is 0 Å². The van der Waals surface area contributed by atoms with Crippen molar-refractivity contribution in [1.29, 1.82) is 0 Å². The first-order chi connectivity index (χ1) is 8.95. The summed E-state index contributed by atoms with van der Waals surface area (Å²) in [4.78, 5) is 10.8. The summed E-state index contributed by atoms with van der Waals surface area (Å²) < 4.78 is 26.5. The molecule has 1 fully saturated rings. The van der Waals surface area contributed by atoms with Gasteiger partial charge in [-0.1, -0.05) is 6.92 Å².